The van der Waals surface area contributed by atoms with Crippen LogP contribution in [0.2, 0.25) is 0 Å². The third-order valence-corrected chi connectivity index (χ3v) is 4.83. The summed E-state index contributed by atoms with van der Waals surface area (Å²) in [5, 5.41) is 4.58. The minimum absolute atomic E-state index is 0.317. The predicted octanol–water partition coefficient (Wildman–Crippen LogP) is 3.63. The van der Waals surface area contributed by atoms with E-state index in [0.29, 0.717) is 22.4 Å². The Balaban J connectivity index is 1.61. The van der Waals surface area contributed by atoms with E-state index in [-0.39, 0.29) is 5.91 Å². The van der Waals surface area contributed by atoms with E-state index in [4.69, 9.17) is 0 Å². The maximum absolute atomic E-state index is 13.0. The van der Waals surface area contributed by atoms with Crippen molar-refractivity contribution >= 4 is 11.8 Å². The van der Waals surface area contributed by atoms with Crippen LogP contribution in [0, 0.1) is 13.8 Å². The topological polar surface area (TPSA) is 88.9 Å². The zero-order valence-corrected chi connectivity index (χ0v) is 17.2. The Bertz CT molecular complexity index is 1230. The molecule has 0 aliphatic rings. The fourth-order valence-corrected chi connectivity index (χ4v) is 3.29. The molecule has 0 saturated heterocycles. The van der Waals surface area contributed by atoms with Crippen LogP contribution in [0.3, 0.4) is 0 Å². The number of aromatic nitrogens is 3. The fourth-order valence-electron chi connectivity index (χ4n) is 3.29. The van der Waals surface area contributed by atoms with Gasteiger partial charge in [-0.1, -0.05) is 35.9 Å². The van der Waals surface area contributed by atoms with Crippen LogP contribution in [-0.2, 0) is 0 Å². The van der Waals surface area contributed by atoms with Crippen LogP contribution < -0.4 is 10.9 Å². The summed E-state index contributed by atoms with van der Waals surface area (Å²) in [7, 11) is 0. The predicted molar refractivity (Wildman–Crippen MR) is 118 cm³/mol. The van der Waals surface area contributed by atoms with Gasteiger partial charge >= 0.3 is 0 Å². The van der Waals surface area contributed by atoms with Crippen LogP contribution in [0.15, 0.2) is 79.3 Å². The molecule has 31 heavy (non-hydrogen) atoms. The van der Waals surface area contributed by atoms with Crippen molar-refractivity contribution in [1.82, 2.24) is 25.6 Å². The summed E-state index contributed by atoms with van der Waals surface area (Å²) in [4.78, 5) is 29.6. The Morgan fingerprint density at radius 3 is 2.29 bits per heavy atom. The van der Waals surface area contributed by atoms with Crippen LogP contribution in [0.1, 0.15) is 31.8 Å². The van der Waals surface area contributed by atoms with Crippen molar-refractivity contribution in [3.63, 3.8) is 0 Å². The monoisotopic (exact) mass is 411 g/mol. The molecule has 2 N–H and O–H groups in total. The van der Waals surface area contributed by atoms with E-state index < -0.39 is 5.91 Å². The molecule has 4 aromatic rings. The van der Waals surface area contributed by atoms with Crippen LogP contribution in [0.5, 0.6) is 0 Å². The second-order valence-corrected chi connectivity index (χ2v) is 7.14. The minimum atomic E-state index is -0.473. The average Bonchev–Trinajstić information content (AvgIpc) is 3.24. The van der Waals surface area contributed by atoms with E-state index in [1.54, 1.807) is 35.4 Å². The van der Waals surface area contributed by atoms with Gasteiger partial charge in [0, 0.05) is 29.7 Å². The Hall–Kier alpha value is -4.26. The van der Waals surface area contributed by atoms with Crippen molar-refractivity contribution < 1.29 is 9.59 Å². The molecule has 0 unspecified atom stereocenters. The maximum atomic E-state index is 13.0. The Kier molecular flexibility index (Phi) is 5.57. The lowest BCUT2D eigenvalue weighted by atomic mass is 10.1. The van der Waals surface area contributed by atoms with Crippen molar-refractivity contribution in [1.29, 1.82) is 0 Å². The van der Waals surface area contributed by atoms with Gasteiger partial charge in [0.2, 0.25) is 0 Å². The fraction of sp³-hybridized carbons (Fsp3) is 0.0833. The molecule has 7 heteroatoms. The summed E-state index contributed by atoms with van der Waals surface area (Å²) in [6, 6.07) is 18.6. The number of pyridine rings is 1. The van der Waals surface area contributed by atoms with Crippen LogP contribution in [-0.4, -0.2) is 26.6 Å². The molecule has 2 aromatic carbocycles. The molecule has 0 spiro atoms. The molecule has 0 atom stereocenters. The first kappa shape index (κ1) is 20.0. The highest BCUT2D eigenvalue weighted by atomic mass is 16.2. The maximum Gasteiger partial charge on any atom is 0.273 e. The van der Waals surface area contributed by atoms with Gasteiger partial charge in [-0.2, -0.15) is 5.10 Å². The van der Waals surface area contributed by atoms with Crippen molar-refractivity contribution in [2.75, 3.05) is 0 Å². The summed E-state index contributed by atoms with van der Waals surface area (Å²) >= 11 is 0. The number of amides is 2. The molecule has 2 heterocycles. The third-order valence-electron chi connectivity index (χ3n) is 4.83. The van der Waals surface area contributed by atoms with Crippen LogP contribution in [0.25, 0.3) is 16.9 Å². The average molecular weight is 411 g/mol. The molecule has 2 amide bonds. The standard InChI is InChI=1S/C24H21N5O2/c1-16-10-11-20(17(2)13-16)23(30)26-27-24(31)21-15-29(19-8-4-3-5-9-19)28-22(21)18-7-6-12-25-14-18/h3-15H,1-2H3,(H,26,30)(H,27,31). The molecule has 0 aliphatic carbocycles. The number of carbonyl (C=O) groups excluding carboxylic acids is 2. The zero-order valence-electron chi connectivity index (χ0n) is 17.2. The van der Waals surface area contributed by atoms with Gasteiger partial charge in [0.05, 0.1) is 11.3 Å². The first-order chi connectivity index (χ1) is 15.0. The molecule has 154 valence electrons. The van der Waals surface area contributed by atoms with Gasteiger partial charge in [0.1, 0.15) is 5.69 Å². The lowest BCUT2D eigenvalue weighted by Crippen LogP contribution is -2.42. The second kappa shape index (κ2) is 8.62. The smallest absolute Gasteiger partial charge is 0.267 e. The lowest BCUT2D eigenvalue weighted by Gasteiger charge is -2.09. The van der Waals surface area contributed by atoms with E-state index in [9.17, 15) is 9.59 Å². The zero-order chi connectivity index (χ0) is 21.8. The van der Waals surface area contributed by atoms with Gasteiger partial charge in [-0.05, 0) is 49.7 Å². The van der Waals surface area contributed by atoms with E-state index in [1.807, 2.05) is 62.4 Å². The molecule has 0 saturated carbocycles. The molecule has 2 aromatic heterocycles. The molecular weight excluding hydrogens is 390 g/mol. The number of nitrogens with one attached hydrogen (secondary N) is 2. The third kappa shape index (κ3) is 4.35. The van der Waals surface area contributed by atoms with Crippen molar-refractivity contribution in [2.24, 2.45) is 0 Å². The quantitative estimate of drug-likeness (QED) is 0.502. The Morgan fingerprint density at radius 1 is 0.871 bits per heavy atom. The second-order valence-electron chi connectivity index (χ2n) is 7.14. The van der Waals surface area contributed by atoms with Crippen molar-refractivity contribution in [2.45, 2.75) is 13.8 Å². The largest absolute Gasteiger partial charge is 0.273 e. The van der Waals surface area contributed by atoms with Gasteiger partial charge in [0.25, 0.3) is 11.8 Å². The SMILES string of the molecule is Cc1ccc(C(=O)NNC(=O)c2cn(-c3ccccc3)nc2-c2cccnc2)c(C)c1. The van der Waals surface area contributed by atoms with Gasteiger partial charge in [-0.3, -0.25) is 25.4 Å². The Labute approximate surface area is 179 Å². The van der Waals surface area contributed by atoms with E-state index in [1.165, 1.54) is 0 Å². The van der Waals surface area contributed by atoms with Gasteiger partial charge in [-0.25, -0.2) is 4.68 Å². The summed E-state index contributed by atoms with van der Waals surface area (Å²) in [5.41, 5.74) is 9.68. The Morgan fingerprint density at radius 2 is 1.61 bits per heavy atom. The van der Waals surface area contributed by atoms with Crippen molar-refractivity contribution in [3.8, 4) is 16.9 Å². The molecule has 0 aliphatic heterocycles. The number of hydrazine groups is 1. The summed E-state index contributed by atoms with van der Waals surface area (Å²) in [6.45, 7) is 3.81. The summed E-state index contributed by atoms with van der Waals surface area (Å²) < 4.78 is 1.63. The molecule has 7 nitrogen and oxygen atoms in total. The molecular formula is C24H21N5O2. The first-order valence-corrected chi connectivity index (χ1v) is 9.76. The first-order valence-electron chi connectivity index (χ1n) is 9.76. The highest BCUT2D eigenvalue weighted by Crippen LogP contribution is 2.23. The van der Waals surface area contributed by atoms with Crippen LogP contribution in [0.4, 0.5) is 0 Å². The summed E-state index contributed by atoms with van der Waals surface area (Å²) in [6.07, 6.45) is 4.93. The summed E-state index contributed by atoms with van der Waals surface area (Å²) in [5.74, 6) is -0.858. The molecule has 0 radical (unpaired) electrons. The van der Waals surface area contributed by atoms with E-state index in [0.717, 1.165) is 16.8 Å². The van der Waals surface area contributed by atoms with Crippen LogP contribution >= 0.6 is 0 Å². The number of hydrogen-bond donors (Lipinski definition) is 2. The number of benzene rings is 2. The van der Waals surface area contributed by atoms with Gasteiger partial charge in [-0.15, -0.1) is 0 Å². The van der Waals surface area contributed by atoms with E-state index >= 15 is 0 Å². The number of hydrogen-bond acceptors (Lipinski definition) is 4. The van der Waals surface area contributed by atoms with E-state index in [2.05, 4.69) is 20.9 Å². The number of rotatable bonds is 4. The number of para-hydroxylation sites is 1. The normalized spacial score (nSPS) is 10.5. The lowest BCUT2D eigenvalue weighted by molar-refractivity contribution is 0.0846. The van der Waals surface area contributed by atoms with Gasteiger partial charge in [0.15, 0.2) is 0 Å². The van der Waals surface area contributed by atoms with Gasteiger partial charge < -0.3 is 0 Å². The number of nitrogens with zero attached hydrogens (tertiary/aromatic N) is 3. The number of carbonyl (C=O) groups is 2. The molecule has 4 rings (SSSR count). The number of aryl methyl sites for hydroxylation is 2. The highest BCUT2D eigenvalue weighted by Gasteiger charge is 2.20. The molecule has 0 fully saturated rings. The highest BCUT2D eigenvalue weighted by molar-refractivity contribution is 6.02. The molecule has 0 bridgehead atoms. The minimum Gasteiger partial charge on any atom is -0.267 e. The van der Waals surface area contributed by atoms with Crippen molar-refractivity contribution in [3.05, 3.63) is 102 Å².